The van der Waals surface area contributed by atoms with Crippen molar-refractivity contribution in [1.29, 1.82) is 0 Å². The van der Waals surface area contributed by atoms with E-state index in [2.05, 4.69) is 10.6 Å². The normalized spacial score (nSPS) is 16.1. The quantitative estimate of drug-likeness (QED) is 0.569. The summed E-state index contributed by atoms with van der Waals surface area (Å²) in [6, 6.07) is 4.08. The van der Waals surface area contributed by atoms with Gasteiger partial charge < -0.3 is 15.4 Å². The fourth-order valence-corrected chi connectivity index (χ4v) is 3.77. The average Bonchev–Trinajstić information content (AvgIpc) is 2.66. The molecule has 2 rings (SSSR count). The van der Waals surface area contributed by atoms with E-state index in [1.165, 1.54) is 0 Å². The van der Waals surface area contributed by atoms with Gasteiger partial charge in [0.25, 0.3) is 0 Å². The number of ketones is 1. The number of rotatable bonds is 6. The molecule has 1 unspecified atom stereocenters. The summed E-state index contributed by atoms with van der Waals surface area (Å²) < 4.78 is 5.27. The second-order valence-electron chi connectivity index (χ2n) is 9.25. The molecule has 1 fully saturated rings. The average molecular weight is 437 g/mol. The van der Waals surface area contributed by atoms with Gasteiger partial charge in [-0.25, -0.2) is 4.79 Å². The van der Waals surface area contributed by atoms with Gasteiger partial charge in [-0.3, -0.25) is 9.59 Å². The minimum atomic E-state index is -0.812. The highest BCUT2D eigenvalue weighted by molar-refractivity contribution is 6.31. The van der Waals surface area contributed by atoms with Crippen molar-refractivity contribution in [3.63, 3.8) is 0 Å². The number of halogens is 1. The molecule has 1 aromatic carbocycles. The minimum absolute atomic E-state index is 0.00805. The van der Waals surface area contributed by atoms with Crippen LogP contribution in [0.4, 0.5) is 10.5 Å². The van der Waals surface area contributed by atoms with Crippen LogP contribution < -0.4 is 10.6 Å². The third-order valence-electron chi connectivity index (χ3n) is 5.10. The Labute approximate surface area is 184 Å². The maximum atomic E-state index is 13.1. The third-order valence-corrected chi connectivity index (χ3v) is 5.34. The molecular formula is C23H33ClN2O4. The molecule has 0 spiro atoms. The Morgan fingerprint density at radius 2 is 1.73 bits per heavy atom. The molecule has 0 heterocycles. The number of alkyl carbamates (subject to hydrolysis) is 1. The molecule has 2 N–H and O–H groups in total. The molecule has 1 aliphatic rings. The highest BCUT2D eigenvalue weighted by Crippen LogP contribution is 2.31. The summed E-state index contributed by atoms with van der Waals surface area (Å²) in [4.78, 5) is 38.2. The Hall–Kier alpha value is -2.08. The van der Waals surface area contributed by atoms with Gasteiger partial charge in [0.15, 0.2) is 5.78 Å². The van der Waals surface area contributed by atoms with Gasteiger partial charge in [0.2, 0.25) is 5.91 Å². The second-order valence-corrected chi connectivity index (χ2v) is 9.68. The lowest BCUT2D eigenvalue weighted by Gasteiger charge is -2.26. The van der Waals surface area contributed by atoms with Crippen molar-refractivity contribution in [2.75, 3.05) is 5.32 Å². The molecule has 1 aliphatic carbocycles. The van der Waals surface area contributed by atoms with Crippen LogP contribution in [0.25, 0.3) is 0 Å². The number of carbonyl (C=O) groups excluding carboxylic acids is 3. The molecule has 1 saturated carbocycles. The first-order chi connectivity index (χ1) is 14.0. The molecule has 1 aromatic rings. The molecule has 166 valence electrons. The highest BCUT2D eigenvalue weighted by atomic mass is 35.5. The summed E-state index contributed by atoms with van der Waals surface area (Å²) in [5.74, 6) is -0.624. The highest BCUT2D eigenvalue weighted by Gasteiger charge is 2.29. The SMILES string of the molecule is CC(C)C(NC(=O)OC(C)(C)C)C(=O)Nc1ccc(Cl)cc1C(=O)C1CCCCC1. The first-order valence-electron chi connectivity index (χ1n) is 10.6. The number of nitrogens with one attached hydrogen (secondary N) is 2. The smallest absolute Gasteiger partial charge is 0.408 e. The molecular weight excluding hydrogens is 404 g/mol. The summed E-state index contributed by atoms with van der Waals surface area (Å²) in [5, 5.41) is 5.89. The fraction of sp³-hybridized carbons (Fsp3) is 0.609. The Bertz CT molecular complexity index is 780. The molecule has 0 aliphatic heterocycles. The van der Waals surface area contributed by atoms with Gasteiger partial charge in [-0.2, -0.15) is 0 Å². The van der Waals surface area contributed by atoms with E-state index >= 15 is 0 Å². The summed E-state index contributed by atoms with van der Waals surface area (Å²) in [6.07, 6.45) is 4.27. The lowest BCUT2D eigenvalue weighted by molar-refractivity contribution is -0.119. The van der Waals surface area contributed by atoms with Gasteiger partial charge in [-0.15, -0.1) is 0 Å². The van der Waals surface area contributed by atoms with E-state index in [1.807, 2.05) is 13.8 Å². The van der Waals surface area contributed by atoms with Crippen molar-refractivity contribution in [3.05, 3.63) is 28.8 Å². The van der Waals surface area contributed by atoms with Crippen LogP contribution in [0.15, 0.2) is 18.2 Å². The van der Waals surface area contributed by atoms with E-state index in [0.29, 0.717) is 16.3 Å². The monoisotopic (exact) mass is 436 g/mol. The number of benzene rings is 1. The molecule has 0 bridgehead atoms. The van der Waals surface area contributed by atoms with Crippen LogP contribution in [0.5, 0.6) is 0 Å². The topological polar surface area (TPSA) is 84.5 Å². The molecule has 30 heavy (non-hydrogen) atoms. The summed E-state index contributed by atoms with van der Waals surface area (Å²) >= 11 is 6.14. The predicted octanol–water partition coefficient (Wildman–Crippen LogP) is 5.59. The Kier molecular flexibility index (Phi) is 8.30. The lowest BCUT2D eigenvalue weighted by Crippen LogP contribution is -2.48. The predicted molar refractivity (Wildman–Crippen MR) is 119 cm³/mol. The maximum Gasteiger partial charge on any atom is 0.408 e. The summed E-state index contributed by atoms with van der Waals surface area (Å²) in [6.45, 7) is 8.94. The van der Waals surface area contributed by atoms with E-state index in [0.717, 1.165) is 32.1 Å². The second kappa shape index (κ2) is 10.3. The van der Waals surface area contributed by atoms with E-state index in [1.54, 1.807) is 39.0 Å². The zero-order valence-corrected chi connectivity index (χ0v) is 19.3. The van der Waals surface area contributed by atoms with Crippen LogP contribution >= 0.6 is 11.6 Å². The molecule has 2 amide bonds. The third kappa shape index (κ3) is 7.01. The minimum Gasteiger partial charge on any atom is -0.444 e. The van der Waals surface area contributed by atoms with Crippen LogP contribution in [-0.2, 0) is 9.53 Å². The zero-order chi connectivity index (χ0) is 22.5. The Morgan fingerprint density at radius 3 is 2.30 bits per heavy atom. The molecule has 7 heteroatoms. The van der Waals surface area contributed by atoms with Crippen molar-refractivity contribution >= 4 is 35.1 Å². The number of hydrogen-bond donors (Lipinski definition) is 2. The van der Waals surface area contributed by atoms with Crippen molar-refractivity contribution in [2.24, 2.45) is 11.8 Å². The Morgan fingerprint density at radius 1 is 1.10 bits per heavy atom. The van der Waals surface area contributed by atoms with Crippen molar-refractivity contribution < 1.29 is 19.1 Å². The molecule has 0 radical (unpaired) electrons. The Balaban J connectivity index is 2.19. The number of carbonyl (C=O) groups is 3. The lowest BCUT2D eigenvalue weighted by atomic mass is 9.83. The van der Waals surface area contributed by atoms with Gasteiger partial charge >= 0.3 is 6.09 Å². The van der Waals surface area contributed by atoms with Gasteiger partial charge in [0.05, 0.1) is 5.69 Å². The van der Waals surface area contributed by atoms with E-state index < -0.39 is 23.6 Å². The van der Waals surface area contributed by atoms with Crippen molar-refractivity contribution in [1.82, 2.24) is 5.32 Å². The van der Waals surface area contributed by atoms with E-state index in [-0.39, 0.29) is 17.6 Å². The van der Waals surface area contributed by atoms with Crippen LogP contribution in [0, 0.1) is 11.8 Å². The number of Topliss-reactive ketones (excluding diaryl/α,β-unsaturated/α-hetero) is 1. The first kappa shape index (κ1) is 24.2. The summed E-state index contributed by atoms with van der Waals surface area (Å²) in [5.41, 5.74) is 0.164. The molecule has 6 nitrogen and oxygen atoms in total. The standard InChI is InChI=1S/C23H33ClN2O4/c1-14(2)19(26-22(29)30-23(3,4)5)21(28)25-18-12-11-16(24)13-17(18)20(27)15-9-7-6-8-10-15/h11-15,19H,6-10H2,1-5H3,(H,25,28)(H,26,29). The number of hydrogen-bond acceptors (Lipinski definition) is 4. The van der Waals surface area contributed by atoms with Gasteiger partial charge in [0.1, 0.15) is 11.6 Å². The van der Waals surface area contributed by atoms with Crippen molar-refractivity contribution in [2.45, 2.75) is 78.4 Å². The van der Waals surface area contributed by atoms with Gasteiger partial charge in [0, 0.05) is 16.5 Å². The van der Waals surface area contributed by atoms with Crippen LogP contribution in [0.3, 0.4) is 0 Å². The van der Waals surface area contributed by atoms with Crippen LogP contribution in [0.2, 0.25) is 5.02 Å². The number of amides is 2. The van der Waals surface area contributed by atoms with Crippen molar-refractivity contribution in [3.8, 4) is 0 Å². The first-order valence-corrected chi connectivity index (χ1v) is 11.0. The van der Waals surface area contributed by atoms with E-state index in [4.69, 9.17) is 16.3 Å². The van der Waals surface area contributed by atoms with Gasteiger partial charge in [-0.05, 0) is 57.7 Å². The zero-order valence-electron chi connectivity index (χ0n) is 18.5. The molecule has 1 atom stereocenters. The molecule has 0 saturated heterocycles. The van der Waals surface area contributed by atoms with Crippen LogP contribution in [-0.4, -0.2) is 29.4 Å². The maximum absolute atomic E-state index is 13.1. The fourth-order valence-electron chi connectivity index (χ4n) is 3.59. The largest absolute Gasteiger partial charge is 0.444 e. The van der Waals surface area contributed by atoms with Crippen LogP contribution in [0.1, 0.15) is 77.1 Å². The number of ether oxygens (including phenoxy) is 1. The van der Waals surface area contributed by atoms with Gasteiger partial charge in [-0.1, -0.05) is 44.7 Å². The number of anilines is 1. The summed E-state index contributed by atoms with van der Waals surface area (Å²) in [7, 11) is 0. The molecule has 0 aromatic heterocycles. The van der Waals surface area contributed by atoms with E-state index in [9.17, 15) is 14.4 Å².